The summed E-state index contributed by atoms with van der Waals surface area (Å²) in [5.74, 6) is -0.0255. The van der Waals surface area contributed by atoms with Gasteiger partial charge in [-0.2, -0.15) is 0 Å². The minimum absolute atomic E-state index is 0.0176. The smallest absolute Gasteiger partial charge is 0.253 e. The Morgan fingerprint density at radius 3 is 1.97 bits per heavy atom. The maximum atomic E-state index is 12.1. The van der Waals surface area contributed by atoms with Crippen molar-refractivity contribution in [1.29, 1.82) is 0 Å². The molecule has 14 heteroatoms. The predicted molar refractivity (Wildman–Crippen MR) is 144 cm³/mol. The van der Waals surface area contributed by atoms with E-state index in [9.17, 15) is 19.2 Å². The average Bonchev–Trinajstić information content (AvgIpc) is 3.15. The molecule has 0 aromatic heterocycles. The van der Waals surface area contributed by atoms with Crippen molar-refractivity contribution >= 4 is 53.2 Å². The number of nitrogens with zero attached hydrogens (tertiary/aromatic N) is 1. The Morgan fingerprint density at radius 1 is 0.889 bits per heavy atom. The van der Waals surface area contributed by atoms with Crippen LogP contribution in [0.5, 0.6) is 0 Å². The largest absolute Gasteiger partial charge is 0.377 e. The van der Waals surface area contributed by atoms with Crippen molar-refractivity contribution in [3.05, 3.63) is 12.2 Å². The first-order valence-electron chi connectivity index (χ1n) is 12.0. The molecule has 0 saturated heterocycles. The van der Waals surface area contributed by atoms with Gasteiger partial charge in [-0.3, -0.25) is 24.1 Å². The molecule has 0 spiro atoms. The zero-order chi connectivity index (χ0) is 26.7. The third kappa shape index (κ3) is 16.2. The van der Waals surface area contributed by atoms with Crippen LogP contribution in [0.4, 0.5) is 0 Å². The van der Waals surface area contributed by atoms with E-state index in [-0.39, 0.29) is 29.5 Å². The highest BCUT2D eigenvalue weighted by Gasteiger charge is 2.24. The van der Waals surface area contributed by atoms with E-state index < -0.39 is 11.8 Å². The Kier molecular flexibility index (Phi) is 17.6. The Morgan fingerprint density at radius 2 is 1.42 bits per heavy atom. The molecule has 204 valence electrons. The lowest BCUT2D eigenvalue weighted by Crippen LogP contribution is -2.35. The third-order valence-corrected chi connectivity index (χ3v) is 7.94. The SMILES string of the molecule is BNCCSSC(C)(C)CC(=O)NCCOCCOCCOCCNC(=O)CCN1C(=O)C=CC1=O. The van der Waals surface area contributed by atoms with Crippen LogP contribution in [0.25, 0.3) is 0 Å². The second-order valence-electron chi connectivity index (χ2n) is 8.39. The number of hydrogen-bond donors (Lipinski definition) is 3. The number of carbonyl (C=O) groups is 4. The molecular weight excluding hydrogens is 507 g/mol. The van der Waals surface area contributed by atoms with Gasteiger partial charge in [0.2, 0.25) is 11.8 Å². The first kappa shape index (κ1) is 32.5. The van der Waals surface area contributed by atoms with E-state index in [2.05, 4.69) is 29.7 Å². The van der Waals surface area contributed by atoms with E-state index in [4.69, 9.17) is 14.2 Å². The van der Waals surface area contributed by atoms with Gasteiger partial charge in [0, 0.05) is 55.1 Å². The minimum atomic E-state index is -0.395. The van der Waals surface area contributed by atoms with Gasteiger partial charge in [0.1, 0.15) is 0 Å². The highest BCUT2D eigenvalue weighted by Crippen LogP contribution is 2.37. The standard InChI is InChI=1S/C22H39BN4O7S2/c1-22(2,36-35-16-8-26-23)17-19(29)25-7-11-33-13-15-34-14-12-32-10-6-24-18(28)5-9-27-20(30)3-4-21(27)31/h3-4,26H,5-17,23H2,1-2H3,(H,24,28)(H,25,29). The maximum Gasteiger partial charge on any atom is 0.253 e. The molecule has 0 unspecified atom stereocenters. The van der Waals surface area contributed by atoms with Gasteiger partial charge in [-0.05, 0) is 20.4 Å². The van der Waals surface area contributed by atoms with Crippen molar-refractivity contribution in [3.8, 4) is 0 Å². The Hall–Kier alpha value is -1.58. The Bertz CT molecular complexity index is 711. The average molecular weight is 547 g/mol. The van der Waals surface area contributed by atoms with Crippen molar-refractivity contribution < 1.29 is 33.4 Å². The number of rotatable bonds is 22. The van der Waals surface area contributed by atoms with Crippen LogP contribution in [-0.4, -0.2) is 113 Å². The molecule has 0 aliphatic carbocycles. The number of amides is 4. The van der Waals surface area contributed by atoms with Crippen LogP contribution < -0.4 is 15.9 Å². The summed E-state index contributed by atoms with van der Waals surface area (Å²) in [6, 6.07) is 0. The number of carbonyl (C=O) groups excluding carboxylic acids is 4. The van der Waals surface area contributed by atoms with Crippen LogP contribution in [0.1, 0.15) is 26.7 Å². The molecule has 11 nitrogen and oxygen atoms in total. The summed E-state index contributed by atoms with van der Waals surface area (Å²) in [5.41, 5.74) is 0. The van der Waals surface area contributed by atoms with Crippen molar-refractivity contribution in [2.45, 2.75) is 31.4 Å². The highest BCUT2D eigenvalue weighted by molar-refractivity contribution is 8.77. The molecule has 0 fully saturated rings. The maximum absolute atomic E-state index is 12.1. The van der Waals surface area contributed by atoms with E-state index in [1.54, 1.807) is 21.6 Å². The number of imide groups is 1. The number of nitrogens with one attached hydrogen (secondary N) is 3. The topological polar surface area (TPSA) is 135 Å². The second kappa shape index (κ2) is 19.5. The van der Waals surface area contributed by atoms with Crippen LogP contribution in [0.2, 0.25) is 0 Å². The molecular formula is C22H39BN4O7S2. The van der Waals surface area contributed by atoms with Crippen LogP contribution in [0.3, 0.4) is 0 Å². The fraction of sp³-hybridized carbons (Fsp3) is 0.727. The lowest BCUT2D eigenvalue weighted by molar-refractivity contribution is -0.137. The van der Waals surface area contributed by atoms with Crippen molar-refractivity contribution in [2.75, 3.05) is 71.6 Å². The number of hydrogen-bond acceptors (Lipinski definition) is 10. The lowest BCUT2D eigenvalue weighted by atomic mass is 10.1. The molecule has 0 radical (unpaired) electrons. The summed E-state index contributed by atoms with van der Waals surface area (Å²) in [6.45, 7) is 8.33. The van der Waals surface area contributed by atoms with Gasteiger partial charge >= 0.3 is 0 Å². The molecule has 1 aliphatic rings. The Balaban J connectivity index is 1.86. The summed E-state index contributed by atoms with van der Waals surface area (Å²) in [7, 11) is 5.42. The first-order chi connectivity index (χ1) is 17.2. The minimum Gasteiger partial charge on any atom is -0.377 e. The molecule has 0 aromatic carbocycles. The molecule has 0 atom stereocenters. The van der Waals surface area contributed by atoms with E-state index in [1.807, 2.05) is 7.98 Å². The third-order valence-electron chi connectivity index (χ3n) is 4.65. The molecule has 0 aromatic rings. The van der Waals surface area contributed by atoms with Gasteiger partial charge in [0.05, 0.1) is 39.6 Å². The van der Waals surface area contributed by atoms with Gasteiger partial charge in [-0.1, -0.05) is 21.6 Å². The zero-order valence-electron chi connectivity index (χ0n) is 21.5. The van der Waals surface area contributed by atoms with Crippen molar-refractivity contribution in [2.24, 2.45) is 0 Å². The molecule has 0 saturated carbocycles. The highest BCUT2D eigenvalue weighted by atomic mass is 33.1. The van der Waals surface area contributed by atoms with Crippen LogP contribution in [0.15, 0.2) is 12.2 Å². The van der Waals surface area contributed by atoms with Gasteiger partial charge in [0.25, 0.3) is 11.8 Å². The molecule has 36 heavy (non-hydrogen) atoms. The zero-order valence-corrected chi connectivity index (χ0v) is 23.1. The molecule has 1 heterocycles. The van der Waals surface area contributed by atoms with E-state index in [1.165, 1.54) is 12.2 Å². The first-order valence-corrected chi connectivity index (χ1v) is 14.3. The van der Waals surface area contributed by atoms with Gasteiger partial charge < -0.3 is 30.1 Å². The van der Waals surface area contributed by atoms with E-state index >= 15 is 0 Å². The molecule has 4 amide bonds. The fourth-order valence-corrected chi connectivity index (χ4v) is 5.36. The summed E-state index contributed by atoms with van der Waals surface area (Å²) < 4.78 is 16.1. The molecule has 0 bridgehead atoms. The van der Waals surface area contributed by atoms with Crippen molar-refractivity contribution in [3.63, 3.8) is 0 Å². The van der Waals surface area contributed by atoms with E-state index in [0.29, 0.717) is 59.2 Å². The van der Waals surface area contributed by atoms with Crippen LogP contribution in [0, 0.1) is 0 Å². The summed E-state index contributed by atoms with van der Waals surface area (Å²) in [5, 5.41) is 8.66. The second-order valence-corrected chi connectivity index (χ2v) is 11.5. The Labute approximate surface area is 222 Å². The quantitative estimate of drug-likeness (QED) is 0.0691. The fourth-order valence-electron chi connectivity index (χ4n) is 2.84. The summed E-state index contributed by atoms with van der Waals surface area (Å²) >= 11 is 0. The molecule has 1 rings (SSSR count). The number of ether oxygens (including phenoxy) is 3. The normalized spacial score (nSPS) is 13.4. The van der Waals surface area contributed by atoms with E-state index in [0.717, 1.165) is 17.2 Å². The lowest BCUT2D eigenvalue weighted by Gasteiger charge is -2.22. The summed E-state index contributed by atoms with van der Waals surface area (Å²) in [6.07, 6.45) is 2.89. The molecule has 3 N–H and O–H groups in total. The molecule has 1 aliphatic heterocycles. The van der Waals surface area contributed by atoms with Gasteiger partial charge in [0.15, 0.2) is 7.98 Å². The van der Waals surface area contributed by atoms with Crippen LogP contribution >= 0.6 is 21.6 Å². The van der Waals surface area contributed by atoms with Gasteiger partial charge in [-0.15, -0.1) is 0 Å². The van der Waals surface area contributed by atoms with Crippen molar-refractivity contribution in [1.82, 2.24) is 20.8 Å². The van der Waals surface area contributed by atoms with Crippen LogP contribution in [-0.2, 0) is 33.4 Å². The van der Waals surface area contributed by atoms with Gasteiger partial charge in [-0.25, -0.2) is 0 Å². The summed E-state index contributed by atoms with van der Waals surface area (Å²) in [4.78, 5) is 47.7. The predicted octanol–water partition coefficient (Wildman–Crippen LogP) is -0.728. The monoisotopic (exact) mass is 546 g/mol.